The number of aryl methyl sites for hydroxylation is 1. The Morgan fingerprint density at radius 1 is 1.35 bits per heavy atom. The molecule has 3 nitrogen and oxygen atoms in total. The number of methoxy groups -OCH3 is 2. The topological polar surface area (TPSA) is 35.5 Å². The molecule has 0 saturated carbocycles. The zero-order valence-electron chi connectivity index (χ0n) is 10.3. The van der Waals surface area contributed by atoms with Gasteiger partial charge in [-0.15, -0.1) is 0 Å². The molecule has 94 valence electrons. The molecule has 4 heteroatoms. The first kappa shape index (κ1) is 13.5. The molecule has 0 aromatic heterocycles. The van der Waals surface area contributed by atoms with Gasteiger partial charge in [-0.05, 0) is 36.6 Å². The normalized spacial score (nSPS) is 12.0. The van der Waals surface area contributed by atoms with Gasteiger partial charge in [0, 0.05) is 6.42 Å². The minimum absolute atomic E-state index is 0.379. The van der Waals surface area contributed by atoms with Gasteiger partial charge in [0.1, 0.15) is 12.5 Å². The lowest BCUT2D eigenvalue weighted by atomic mass is 10.0. The van der Waals surface area contributed by atoms with E-state index in [1.165, 1.54) is 21.1 Å². The third kappa shape index (κ3) is 3.19. The molecule has 1 aromatic carbocycles. The smallest absolute Gasteiger partial charge is 0.163 e. The average Bonchev–Trinajstić information content (AvgIpc) is 2.34. The van der Waals surface area contributed by atoms with E-state index in [0.29, 0.717) is 29.9 Å². The van der Waals surface area contributed by atoms with Crippen LogP contribution in [0.5, 0.6) is 11.5 Å². The maximum Gasteiger partial charge on any atom is 0.163 e. The van der Waals surface area contributed by atoms with Gasteiger partial charge in [-0.2, -0.15) is 0 Å². The van der Waals surface area contributed by atoms with Gasteiger partial charge in [0.2, 0.25) is 0 Å². The summed E-state index contributed by atoms with van der Waals surface area (Å²) in [5, 5.41) is 0. The summed E-state index contributed by atoms with van der Waals surface area (Å²) in [6, 6.07) is 3.34. The second kappa shape index (κ2) is 6.23. The van der Waals surface area contributed by atoms with Crippen LogP contribution in [-0.2, 0) is 11.2 Å². The predicted molar refractivity (Wildman–Crippen MR) is 63.5 cm³/mol. The van der Waals surface area contributed by atoms with Gasteiger partial charge < -0.3 is 14.3 Å². The minimum Gasteiger partial charge on any atom is -0.493 e. The fourth-order valence-corrected chi connectivity index (χ4v) is 1.70. The second-order valence-corrected chi connectivity index (χ2v) is 3.74. The molecule has 0 bridgehead atoms. The molecule has 0 spiro atoms. The van der Waals surface area contributed by atoms with Gasteiger partial charge in [0.05, 0.1) is 14.2 Å². The number of carbonyl (C=O) groups is 1. The molecule has 0 aliphatic rings. The molecular weight excluding hydrogens is 223 g/mol. The van der Waals surface area contributed by atoms with Crippen molar-refractivity contribution < 1.29 is 18.7 Å². The Balaban J connectivity index is 3.21. The third-order valence-corrected chi connectivity index (χ3v) is 2.57. The summed E-state index contributed by atoms with van der Waals surface area (Å²) in [7, 11) is 3.04. The Kier molecular flexibility index (Phi) is 4.94. The molecule has 0 radical (unpaired) electrons. The number of aldehydes is 1. The fraction of sp³-hybridized carbons (Fsp3) is 0.462. The fourth-order valence-electron chi connectivity index (χ4n) is 1.70. The van der Waals surface area contributed by atoms with Crippen LogP contribution in [0.1, 0.15) is 30.6 Å². The standard InChI is InChI=1S/C13H17FO3/c1-9(14)11-7-10(5-4-6-15)13(17-3)12(8-11)16-2/h6-9H,4-5H2,1-3H3. The van der Waals surface area contributed by atoms with E-state index in [1.54, 1.807) is 12.1 Å². The molecule has 1 aromatic rings. The van der Waals surface area contributed by atoms with E-state index in [0.717, 1.165) is 11.8 Å². The number of hydrogen-bond donors (Lipinski definition) is 0. The van der Waals surface area contributed by atoms with E-state index in [9.17, 15) is 9.18 Å². The number of carbonyl (C=O) groups excluding carboxylic acids is 1. The van der Waals surface area contributed by atoms with Crippen molar-refractivity contribution in [1.29, 1.82) is 0 Å². The van der Waals surface area contributed by atoms with Crippen LogP contribution in [-0.4, -0.2) is 20.5 Å². The van der Waals surface area contributed by atoms with Gasteiger partial charge in [-0.3, -0.25) is 0 Å². The van der Waals surface area contributed by atoms with Crippen LogP contribution >= 0.6 is 0 Å². The maximum absolute atomic E-state index is 13.3. The van der Waals surface area contributed by atoms with Crippen LogP contribution in [0.15, 0.2) is 12.1 Å². The molecule has 17 heavy (non-hydrogen) atoms. The lowest BCUT2D eigenvalue weighted by molar-refractivity contribution is -0.107. The van der Waals surface area contributed by atoms with Crippen LogP contribution in [0.2, 0.25) is 0 Å². The Morgan fingerprint density at radius 3 is 2.53 bits per heavy atom. The molecule has 0 fully saturated rings. The predicted octanol–water partition coefficient (Wildman–Crippen LogP) is 2.87. The van der Waals surface area contributed by atoms with E-state index >= 15 is 0 Å². The molecular formula is C13H17FO3. The summed E-state index contributed by atoms with van der Waals surface area (Å²) >= 11 is 0. The number of benzene rings is 1. The van der Waals surface area contributed by atoms with Crippen LogP contribution in [0.4, 0.5) is 4.39 Å². The van der Waals surface area contributed by atoms with Crippen molar-refractivity contribution in [2.45, 2.75) is 25.9 Å². The van der Waals surface area contributed by atoms with Crippen molar-refractivity contribution in [1.82, 2.24) is 0 Å². The maximum atomic E-state index is 13.3. The van der Waals surface area contributed by atoms with Crippen molar-refractivity contribution >= 4 is 6.29 Å². The number of ether oxygens (including phenoxy) is 2. The Hall–Kier alpha value is -1.58. The highest BCUT2D eigenvalue weighted by atomic mass is 19.1. The summed E-state index contributed by atoms with van der Waals surface area (Å²) in [6.45, 7) is 1.46. The van der Waals surface area contributed by atoms with E-state index in [-0.39, 0.29) is 0 Å². The highest BCUT2D eigenvalue weighted by Gasteiger charge is 2.14. The SMILES string of the molecule is COc1cc(C(C)F)cc(CCC=O)c1OC. The van der Waals surface area contributed by atoms with Crippen LogP contribution < -0.4 is 9.47 Å². The lowest BCUT2D eigenvalue weighted by Crippen LogP contribution is -2.00. The Morgan fingerprint density at radius 2 is 2.06 bits per heavy atom. The van der Waals surface area contributed by atoms with Crippen LogP contribution in [0, 0.1) is 0 Å². The van der Waals surface area contributed by atoms with Gasteiger partial charge in [-0.25, -0.2) is 4.39 Å². The highest BCUT2D eigenvalue weighted by molar-refractivity contribution is 5.54. The first-order valence-electron chi connectivity index (χ1n) is 5.46. The molecule has 0 aliphatic heterocycles. The van der Waals surface area contributed by atoms with Gasteiger partial charge >= 0.3 is 0 Å². The minimum atomic E-state index is -1.08. The van der Waals surface area contributed by atoms with Gasteiger partial charge in [0.15, 0.2) is 11.5 Å². The monoisotopic (exact) mass is 240 g/mol. The summed E-state index contributed by atoms with van der Waals surface area (Å²) in [5.74, 6) is 1.06. The molecule has 0 saturated heterocycles. The van der Waals surface area contributed by atoms with Crippen molar-refractivity contribution in [3.8, 4) is 11.5 Å². The Bertz CT molecular complexity index is 388. The molecule has 0 amide bonds. The zero-order valence-corrected chi connectivity index (χ0v) is 10.3. The van der Waals surface area contributed by atoms with E-state index in [4.69, 9.17) is 9.47 Å². The molecule has 0 N–H and O–H groups in total. The number of halogens is 1. The molecule has 1 unspecified atom stereocenters. The highest BCUT2D eigenvalue weighted by Crippen LogP contribution is 2.35. The summed E-state index contributed by atoms with van der Waals surface area (Å²) in [4.78, 5) is 10.4. The number of alkyl halides is 1. The quantitative estimate of drug-likeness (QED) is 0.717. The summed E-state index contributed by atoms with van der Waals surface area (Å²) < 4.78 is 23.7. The zero-order chi connectivity index (χ0) is 12.8. The summed E-state index contributed by atoms with van der Waals surface area (Å²) in [6.07, 6.45) is 0.648. The molecule has 1 atom stereocenters. The van der Waals surface area contributed by atoms with Crippen molar-refractivity contribution in [3.05, 3.63) is 23.3 Å². The largest absolute Gasteiger partial charge is 0.493 e. The van der Waals surface area contributed by atoms with Crippen LogP contribution in [0.3, 0.4) is 0 Å². The molecule has 1 rings (SSSR count). The van der Waals surface area contributed by atoms with Gasteiger partial charge in [0.25, 0.3) is 0 Å². The van der Waals surface area contributed by atoms with Crippen molar-refractivity contribution in [2.75, 3.05) is 14.2 Å². The number of hydrogen-bond acceptors (Lipinski definition) is 3. The van der Waals surface area contributed by atoms with Crippen molar-refractivity contribution in [2.24, 2.45) is 0 Å². The lowest BCUT2D eigenvalue weighted by Gasteiger charge is -2.15. The third-order valence-electron chi connectivity index (χ3n) is 2.57. The number of rotatable bonds is 6. The van der Waals surface area contributed by atoms with Crippen LogP contribution in [0.25, 0.3) is 0 Å². The van der Waals surface area contributed by atoms with E-state index < -0.39 is 6.17 Å². The molecule has 0 aliphatic carbocycles. The van der Waals surface area contributed by atoms with E-state index in [1.807, 2.05) is 0 Å². The Labute approximate surface area is 101 Å². The van der Waals surface area contributed by atoms with Gasteiger partial charge in [-0.1, -0.05) is 0 Å². The average molecular weight is 240 g/mol. The second-order valence-electron chi connectivity index (χ2n) is 3.74. The van der Waals surface area contributed by atoms with E-state index in [2.05, 4.69) is 0 Å². The summed E-state index contributed by atoms with van der Waals surface area (Å²) in [5.41, 5.74) is 1.32. The first-order chi connectivity index (χ1) is 8.13. The first-order valence-corrected chi connectivity index (χ1v) is 5.46. The van der Waals surface area contributed by atoms with Crippen molar-refractivity contribution in [3.63, 3.8) is 0 Å². The molecule has 0 heterocycles.